The highest BCUT2D eigenvalue weighted by molar-refractivity contribution is 9.10. The Morgan fingerprint density at radius 2 is 1.59 bits per heavy atom. The molecule has 3 aromatic rings. The molecule has 1 N–H and O–H groups in total. The number of amides is 2. The minimum absolute atomic E-state index is 0.0837. The summed E-state index contributed by atoms with van der Waals surface area (Å²) in [4.78, 5) is 29.0. The molecule has 2 amide bonds. The van der Waals surface area contributed by atoms with Crippen molar-refractivity contribution in [2.75, 3.05) is 10.8 Å². The summed E-state index contributed by atoms with van der Waals surface area (Å²) in [6.07, 6.45) is 5.14. The zero-order valence-corrected chi connectivity index (χ0v) is 27.2. The maximum absolute atomic E-state index is 14.1. The molecule has 1 unspecified atom stereocenters. The number of hydrogen-bond acceptors (Lipinski definition) is 4. The van der Waals surface area contributed by atoms with Crippen LogP contribution in [-0.4, -0.2) is 43.8 Å². The fourth-order valence-electron chi connectivity index (χ4n) is 4.96. The minimum atomic E-state index is -4.10. The van der Waals surface area contributed by atoms with Gasteiger partial charge in [0.25, 0.3) is 10.0 Å². The Balaban J connectivity index is 1.67. The molecule has 7 nitrogen and oxygen atoms in total. The van der Waals surface area contributed by atoms with Crippen molar-refractivity contribution < 1.29 is 18.0 Å². The van der Waals surface area contributed by atoms with Crippen LogP contribution in [0.25, 0.3) is 0 Å². The van der Waals surface area contributed by atoms with Crippen molar-refractivity contribution in [2.45, 2.75) is 69.5 Å². The average Bonchev–Trinajstić information content (AvgIpc) is 2.95. The van der Waals surface area contributed by atoms with Gasteiger partial charge in [-0.15, -0.1) is 0 Å². The first-order valence-corrected chi connectivity index (χ1v) is 16.8. The molecular weight excluding hydrogens is 670 g/mol. The van der Waals surface area contributed by atoms with Gasteiger partial charge in [0, 0.05) is 21.5 Å². The molecular formula is C31H35Br2N3O4S. The Labute approximate surface area is 259 Å². The molecule has 0 aromatic heterocycles. The lowest BCUT2D eigenvalue weighted by Gasteiger charge is -2.33. The van der Waals surface area contributed by atoms with Crippen LogP contribution in [0.1, 0.15) is 50.2 Å². The molecule has 1 fully saturated rings. The summed E-state index contributed by atoms with van der Waals surface area (Å²) in [5.74, 6) is -0.716. The van der Waals surface area contributed by atoms with E-state index in [1.165, 1.54) is 4.90 Å². The normalized spacial score (nSPS) is 14.7. The maximum atomic E-state index is 14.1. The Morgan fingerprint density at radius 1 is 0.927 bits per heavy atom. The fraction of sp³-hybridized carbons (Fsp3) is 0.355. The van der Waals surface area contributed by atoms with Crippen LogP contribution in [0.5, 0.6) is 0 Å². The van der Waals surface area contributed by atoms with E-state index in [2.05, 4.69) is 37.2 Å². The van der Waals surface area contributed by atoms with E-state index in [9.17, 15) is 18.0 Å². The van der Waals surface area contributed by atoms with Crippen LogP contribution in [0, 0.1) is 6.92 Å². The fourth-order valence-corrected chi connectivity index (χ4v) is 7.08. The van der Waals surface area contributed by atoms with Crippen molar-refractivity contribution in [3.8, 4) is 0 Å². The summed E-state index contributed by atoms with van der Waals surface area (Å²) in [6.45, 7) is 3.27. The second-order valence-corrected chi connectivity index (χ2v) is 14.2. The molecule has 41 heavy (non-hydrogen) atoms. The minimum Gasteiger partial charge on any atom is -0.352 e. The first-order chi connectivity index (χ1) is 19.5. The van der Waals surface area contributed by atoms with Gasteiger partial charge >= 0.3 is 0 Å². The van der Waals surface area contributed by atoms with Gasteiger partial charge in [-0.05, 0) is 80.8 Å². The molecule has 3 aromatic carbocycles. The second-order valence-electron chi connectivity index (χ2n) is 10.5. The molecule has 10 heteroatoms. The predicted molar refractivity (Wildman–Crippen MR) is 169 cm³/mol. The SMILES string of the molecule is Cc1ccc(S(=O)(=O)N(CC(=O)N(Cc2cccc(Br)c2)C(C)C(=O)NC2CCCCC2)c2ccc(Br)cc2)cc1. The predicted octanol–water partition coefficient (Wildman–Crippen LogP) is 6.58. The largest absolute Gasteiger partial charge is 0.352 e. The number of aryl methyl sites for hydroxylation is 1. The van der Waals surface area contributed by atoms with E-state index in [4.69, 9.17) is 0 Å². The first kappa shape index (κ1) is 31.3. The molecule has 0 aliphatic heterocycles. The van der Waals surface area contributed by atoms with Crippen LogP contribution < -0.4 is 9.62 Å². The van der Waals surface area contributed by atoms with Crippen LogP contribution in [0.3, 0.4) is 0 Å². The molecule has 1 atom stereocenters. The monoisotopic (exact) mass is 703 g/mol. The number of halogens is 2. The third-order valence-corrected chi connectivity index (χ3v) is 10.2. The highest BCUT2D eigenvalue weighted by Crippen LogP contribution is 2.27. The summed E-state index contributed by atoms with van der Waals surface area (Å²) in [5, 5.41) is 3.12. The number of nitrogens with one attached hydrogen (secondary N) is 1. The third kappa shape index (κ3) is 8.20. The van der Waals surface area contributed by atoms with Crippen LogP contribution >= 0.6 is 31.9 Å². The molecule has 1 saturated carbocycles. The smallest absolute Gasteiger partial charge is 0.264 e. The highest BCUT2D eigenvalue weighted by atomic mass is 79.9. The third-order valence-electron chi connectivity index (χ3n) is 7.36. The van der Waals surface area contributed by atoms with Crippen molar-refractivity contribution in [3.05, 3.63) is 92.9 Å². The zero-order valence-electron chi connectivity index (χ0n) is 23.2. The molecule has 1 aliphatic carbocycles. The van der Waals surface area contributed by atoms with Crippen molar-refractivity contribution in [3.63, 3.8) is 0 Å². The molecule has 4 rings (SSSR count). The number of benzene rings is 3. The van der Waals surface area contributed by atoms with E-state index in [1.54, 1.807) is 55.5 Å². The van der Waals surface area contributed by atoms with Crippen molar-refractivity contribution in [1.29, 1.82) is 0 Å². The standard InChI is InChI=1S/C31H35Br2N3O4S/c1-22-11-17-29(18-12-22)41(39,40)36(28-15-13-25(32)14-16-28)21-30(37)35(20-24-7-6-8-26(33)19-24)23(2)31(38)34-27-9-4-3-5-10-27/h6-8,11-19,23,27H,3-5,9-10,20-21H2,1-2H3,(H,34,38). The summed E-state index contributed by atoms with van der Waals surface area (Å²) in [7, 11) is -4.10. The lowest BCUT2D eigenvalue weighted by molar-refractivity contribution is -0.139. The van der Waals surface area contributed by atoms with Gasteiger partial charge in [0.15, 0.2) is 0 Å². The van der Waals surface area contributed by atoms with Crippen molar-refractivity contribution in [2.24, 2.45) is 0 Å². The lowest BCUT2D eigenvalue weighted by atomic mass is 9.95. The quantitative estimate of drug-likeness (QED) is 0.258. The van der Waals surface area contributed by atoms with Crippen LogP contribution in [-0.2, 0) is 26.2 Å². The summed E-state index contributed by atoms with van der Waals surface area (Å²) in [6, 6.07) is 20.1. The van der Waals surface area contributed by atoms with Crippen molar-refractivity contribution in [1.82, 2.24) is 10.2 Å². The molecule has 0 saturated heterocycles. The van der Waals surface area contributed by atoms with E-state index in [0.29, 0.717) is 5.69 Å². The van der Waals surface area contributed by atoms with Crippen LogP contribution in [0.2, 0.25) is 0 Å². The number of carbonyl (C=O) groups excluding carboxylic acids is 2. The number of anilines is 1. The van der Waals surface area contributed by atoms with Gasteiger partial charge in [0.2, 0.25) is 11.8 Å². The van der Waals surface area contributed by atoms with Gasteiger partial charge in [-0.3, -0.25) is 13.9 Å². The van der Waals surface area contributed by atoms with Gasteiger partial charge < -0.3 is 10.2 Å². The summed E-state index contributed by atoms with van der Waals surface area (Å²) >= 11 is 6.88. The van der Waals surface area contributed by atoms with Crippen LogP contribution in [0.4, 0.5) is 5.69 Å². The Hall–Kier alpha value is -2.69. The maximum Gasteiger partial charge on any atom is 0.264 e. The molecule has 0 spiro atoms. The molecule has 0 radical (unpaired) electrons. The Morgan fingerprint density at radius 3 is 2.22 bits per heavy atom. The Bertz CT molecular complexity index is 1460. The summed E-state index contributed by atoms with van der Waals surface area (Å²) < 4.78 is 30.6. The van der Waals surface area contributed by atoms with E-state index in [1.807, 2.05) is 31.2 Å². The number of carbonyl (C=O) groups is 2. The molecule has 0 heterocycles. The van der Waals surface area contributed by atoms with Gasteiger partial charge in [0.1, 0.15) is 12.6 Å². The van der Waals surface area contributed by atoms with Gasteiger partial charge in [-0.1, -0.05) is 81.0 Å². The van der Waals surface area contributed by atoms with Gasteiger partial charge in [0.05, 0.1) is 10.6 Å². The number of hydrogen-bond donors (Lipinski definition) is 1. The lowest BCUT2D eigenvalue weighted by Crippen LogP contribution is -2.53. The van der Waals surface area contributed by atoms with E-state index < -0.39 is 28.5 Å². The molecule has 1 aliphatic rings. The molecule has 0 bridgehead atoms. The van der Waals surface area contributed by atoms with E-state index in [0.717, 1.165) is 56.5 Å². The first-order valence-electron chi connectivity index (χ1n) is 13.7. The van der Waals surface area contributed by atoms with Gasteiger partial charge in [-0.2, -0.15) is 0 Å². The Kier molecular flexibility index (Phi) is 10.7. The topological polar surface area (TPSA) is 86.8 Å². The highest BCUT2D eigenvalue weighted by Gasteiger charge is 2.33. The van der Waals surface area contributed by atoms with E-state index >= 15 is 0 Å². The average molecular weight is 706 g/mol. The van der Waals surface area contributed by atoms with Crippen LogP contribution in [0.15, 0.2) is 86.6 Å². The van der Waals surface area contributed by atoms with E-state index in [-0.39, 0.29) is 23.4 Å². The second kappa shape index (κ2) is 14.0. The zero-order chi connectivity index (χ0) is 29.6. The van der Waals surface area contributed by atoms with Gasteiger partial charge in [-0.25, -0.2) is 8.42 Å². The number of sulfonamides is 1. The molecule has 218 valence electrons. The van der Waals surface area contributed by atoms with Crippen molar-refractivity contribution >= 4 is 59.4 Å². The number of nitrogens with zero attached hydrogens (tertiary/aromatic N) is 2. The number of rotatable bonds is 10. The summed E-state index contributed by atoms with van der Waals surface area (Å²) in [5.41, 5.74) is 2.10.